The number of carbonyl (C=O) groups excluding carboxylic acids is 1. The van der Waals surface area contributed by atoms with Gasteiger partial charge in [-0.15, -0.1) is 0 Å². The smallest absolute Gasteiger partial charge is 0.242 e. The van der Waals surface area contributed by atoms with Gasteiger partial charge in [0.25, 0.3) is 0 Å². The van der Waals surface area contributed by atoms with Crippen molar-refractivity contribution in [3.63, 3.8) is 0 Å². The summed E-state index contributed by atoms with van der Waals surface area (Å²) in [7, 11) is 0. The van der Waals surface area contributed by atoms with Crippen LogP contribution in [-0.2, 0) is 11.3 Å². The molecule has 1 aliphatic heterocycles. The Morgan fingerprint density at radius 2 is 1.91 bits per heavy atom. The lowest BCUT2D eigenvalue weighted by atomic mass is 10.1. The molecule has 22 heavy (non-hydrogen) atoms. The van der Waals surface area contributed by atoms with Crippen molar-refractivity contribution in [2.75, 3.05) is 13.1 Å². The van der Waals surface area contributed by atoms with Crippen LogP contribution in [0.5, 0.6) is 0 Å². The van der Waals surface area contributed by atoms with Crippen molar-refractivity contribution in [1.29, 1.82) is 0 Å². The summed E-state index contributed by atoms with van der Waals surface area (Å²) in [5.74, 6) is 0.749. The molecule has 2 heterocycles. The minimum atomic E-state index is 0.0902. The van der Waals surface area contributed by atoms with Crippen LogP contribution in [-0.4, -0.2) is 38.7 Å². The maximum absolute atomic E-state index is 12.5. The average molecular weight is 337 g/mol. The number of aromatic nitrogens is 3. The van der Waals surface area contributed by atoms with Gasteiger partial charge in [0.15, 0.2) is 10.6 Å². The number of piperidine rings is 1. The van der Waals surface area contributed by atoms with Gasteiger partial charge in [-0.1, -0.05) is 11.6 Å². The highest BCUT2D eigenvalue weighted by atomic mass is 35.5. The van der Waals surface area contributed by atoms with Crippen LogP contribution in [0.4, 0.5) is 0 Å². The summed E-state index contributed by atoms with van der Waals surface area (Å²) in [4.78, 5) is 14.4. The fourth-order valence-electron chi connectivity index (χ4n) is 2.66. The first-order chi connectivity index (χ1) is 10.6. The average Bonchev–Trinajstić information content (AvgIpc) is 2.90. The zero-order valence-corrected chi connectivity index (χ0v) is 13.7. The fraction of sp³-hybridized carbons (Fsp3) is 0.400. The number of aromatic amines is 1. The number of likely N-dealkylation sites (tertiary alicyclic amines) is 1. The molecular weight excluding hydrogens is 320 g/mol. The predicted molar refractivity (Wildman–Crippen MR) is 88.3 cm³/mol. The zero-order chi connectivity index (χ0) is 15.5. The molecule has 1 saturated heterocycles. The molecule has 0 spiro atoms. The highest BCUT2D eigenvalue weighted by Gasteiger charge is 2.19. The van der Waals surface area contributed by atoms with Crippen molar-refractivity contribution in [2.24, 2.45) is 0 Å². The third kappa shape index (κ3) is 3.23. The minimum Gasteiger partial charge on any atom is -0.341 e. The second-order valence-electron chi connectivity index (χ2n) is 5.39. The number of carbonyl (C=O) groups is 1. The monoisotopic (exact) mass is 336 g/mol. The number of hydrogen-bond donors (Lipinski definition) is 1. The normalized spacial score (nSPS) is 15.0. The first kappa shape index (κ1) is 15.2. The molecule has 1 aromatic heterocycles. The Morgan fingerprint density at radius 1 is 1.23 bits per heavy atom. The molecule has 0 aliphatic carbocycles. The van der Waals surface area contributed by atoms with Gasteiger partial charge in [-0.3, -0.25) is 14.5 Å². The number of nitrogens with one attached hydrogen (secondary N) is 1. The van der Waals surface area contributed by atoms with E-state index in [0.717, 1.165) is 31.5 Å². The number of nitrogens with zero attached hydrogens (tertiary/aromatic N) is 3. The van der Waals surface area contributed by atoms with Crippen molar-refractivity contribution in [1.82, 2.24) is 19.7 Å². The number of H-pyrrole nitrogens is 1. The van der Waals surface area contributed by atoms with Gasteiger partial charge in [0.1, 0.15) is 6.54 Å². The van der Waals surface area contributed by atoms with Crippen LogP contribution in [0.1, 0.15) is 19.3 Å². The Balaban J connectivity index is 1.84. The van der Waals surface area contributed by atoms with Gasteiger partial charge in [0, 0.05) is 23.7 Å². The molecule has 5 nitrogen and oxygen atoms in total. The summed E-state index contributed by atoms with van der Waals surface area (Å²) in [5, 5.41) is 7.68. The summed E-state index contributed by atoms with van der Waals surface area (Å²) < 4.78 is 2.20. The van der Waals surface area contributed by atoms with Crippen LogP contribution >= 0.6 is 23.8 Å². The molecule has 7 heteroatoms. The van der Waals surface area contributed by atoms with Crippen LogP contribution in [0.3, 0.4) is 0 Å². The van der Waals surface area contributed by atoms with Crippen LogP contribution in [0.2, 0.25) is 5.02 Å². The first-order valence-electron chi connectivity index (χ1n) is 7.34. The van der Waals surface area contributed by atoms with Gasteiger partial charge in [0.05, 0.1) is 0 Å². The molecule has 1 amide bonds. The summed E-state index contributed by atoms with van der Waals surface area (Å²) in [6, 6.07) is 7.33. The van der Waals surface area contributed by atoms with Gasteiger partial charge in [0.2, 0.25) is 5.91 Å². The van der Waals surface area contributed by atoms with Gasteiger partial charge < -0.3 is 4.90 Å². The third-order valence-corrected chi connectivity index (χ3v) is 4.43. The van der Waals surface area contributed by atoms with Crippen LogP contribution in [0.15, 0.2) is 24.3 Å². The zero-order valence-electron chi connectivity index (χ0n) is 12.1. The van der Waals surface area contributed by atoms with Crippen molar-refractivity contribution in [2.45, 2.75) is 25.8 Å². The second kappa shape index (κ2) is 6.62. The van der Waals surface area contributed by atoms with Crippen LogP contribution < -0.4 is 0 Å². The Morgan fingerprint density at radius 3 is 2.59 bits per heavy atom. The first-order valence-corrected chi connectivity index (χ1v) is 8.13. The lowest BCUT2D eigenvalue weighted by Crippen LogP contribution is -2.37. The van der Waals surface area contributed by atoms with E-state index < -0.39 is 0 Å². The fourth-order valence-corrected chi connectivity index (χ4v) is 2.98. The molecule has 1 N–H and O–H groups in total. The van der Waals surface area contributed by atoms with E-state index in [0.29, 0.717) is 15.6 Å². The van der Waals surface area contributed by atoms with E-state index in [1.807, 2.05) is 17.0 Å². The molecule has 0 unspecified atom stereocenters. The molecular formula is C15H17ClN4OS. The molecule has 0 atom stereocenters. The lowest BCUT2D eigenvalue weighted by Gasteiger charge is -2.26. The van der Waals surface area contributed by atoms with Crippen molar-refractivity contribution in [3.8, 4) is 11.4 Å². The molecule has 0 radical (unpaired) electrons. The molecule has 1 aromatic carbocycles. The molecule has 0 bridgehead atoms. The number of rotatable bonds is 3. The number of hydrogen-bond acceptors (Lipinski definition) is 3. The van der Waals surface area contributed by atoms with Crippen molar-refractivity contribution < 1.29 is 4.79 Å². The SMILES string of the molecule is O=C(Cn1c(-c2ccc(Cl)cc2)n[nH]c1=S)N1CCCCC1. The second-order valence-corrected chi connectivity index (χ2v) is 6.21. The molecule has 0 saturated carbocycles. The van der Waals surface area contributed by atoms with E-state index in [2.05, 4.69) is 10.2 Å². The summed E-state index contributed by atoms with van der Waals surface area (Å²) in [6.07, 6.45) is 3.35. The third-order valence-electron chi connectivity index (χ3n) is 3.86. The standard InChI is InChI=1S/C15H17ClN4OS/c16-12-6-4-11(5-7-12)14-17-18-15(22)20(14)10-13(21)19-8-2-1-3-9-19/h4-7H,1-3,8-10H2,(H,18,22). The largest absolute Gasteiger partial charge is 0.341 e. The van der Waals surface area contributed by atoms with Crippen molar-refractivity contribution in [3.05, 3.63) is 34.1 Å². The quantitative estimate of drug-likeness (QED) is 0.875. The summed E-state index contributed by atoms with van der Waals surface area (Å²) in [6.45, 7) is 1.88. The molecule has 3 rings (SSSR count). The maximum Gasteiger partial charge on any atom is 0.242 e. The van der Waals surface area contributed by atoms with E-state index in [1.165, 1.54) is 6.42 Å². The van der Waals surface area contributed by atoms with Crippen LogP contribution in [0, 0.1) is 4.77 Å². The van der Waals surface area contributed by atoms with Gasteiger partial charge in [-0.2, -0.15) is 5.10 Å². The molecule has 1 aliphatic rings. The highest BCUT2D eigenvalue weighted by molar-refractivity contribution is 7.71. The van der Waals surface area contributed by atoms with Gasteiger partial charge >= 0.3 is 0 Å². The van der Waals surface area contributed by atoms with E-state index >= 15 is 0 Å². The Kier molecular flexibility index (Phi) is 4.59. The van der Waals surface area contributed by atoms with E-state index in [-0.39, 0.29) is 12.5 Å². The topological polar surface area (TPSA) is 53.9 Å². The van der Waals surface area contributed by atoms with Crippen LogP contribution in [0.25, 0.3) is 11.4 Å². The Bertz CT molecular complexity index is 716. The molecule has 1 fully saturated rings. The number of benzene rings is 1. The predicted octanol–water partition coefficient (Wildman–Crippen LogP) is 3.27. The molecule has 2 aromatic rings. The Labute approximate surface area is 138 Å². The summed E-state index contributed by atoms with van der Waals surface area (Å²) >= 11 is 11.2. The van der Waals surface area contributed by atoms with E-state index in [9.17, 15) is 4.79 Å². The maximum atomic E-state index is 12.5. The lowest BCUT2D eigenvalue weighted by molar-refractivity contribution is -0.132. The van der Waals surface area contributed by atoms with Crippen molar-refractivity contribution >= 4 is 29.7 Å². The van der Waals surface area contributed by atoms with E-state index in [1.54, 1.807) is 16.7 Å². The van der Waals surface area contributed by atoms with Gasteiger partial charge in [-0.25, -0.2) is 0 Å². The number of amides is 1. The molecule has 116 valence electrons. The summed E-state index contributed by atoms with van der Waals surface area (Å²) in [5.41, 5.74) is 0.878. The number of halogens is 1. The van der Waals surface area contributed by atoms with Gasteiger partial charge in [-0.05, 0) is 55.7 Å². The van der Waals surface area contributed by atoms with E-state index in [4.69, 9.17) is 23.8 Å². The Hall–Kier alpha value is -1.66. The minimum absolute atomic E-state index is 0.0902. The highest BCUT2D eigenvalue weighted by Crippen LogP contribution is 2.20.